The zero-order valence-corrected chi connectivity index (χ0v) is 20.9. The van der Waals surface area contributed by atoms with Crippen molar-refractivity contribution in [2.45, 2.75) is 39.3 Å². The Labute approximate surface area is 213 Å². The van der Waals surface area contributed by atoms with E-state index in [0.29, 0.717) is 22.5 Å². The highest BCUT2D eigenvalue weighted by Crippen LogP contribution is 2.28. The molecule has 2 atom stereocenters. The van der Waals surface area contributed by atoms with Gasteiger partial charge in [-0.15, -0.1) is 0 Å². The number of fused-ring (bicyclic) bond motifs is 1. The normalized spacial score (nSPS) is 18.7. The van der Waals surface area contributed by atoms with Crippen molar-refractivity contribution in [1.29, 1.82) is 0 Å². The van der Waals surface area contributed by atoms with E-state index in [1.165, 1.54) is 19.1 Å². The van der Waals surface area contributed by atoms with Crippen LogP contribution in [0.4, 0.5) is 16.2 Å². The predicted molar refractivity (Wildman–Crippen MR) is 133 cm³/mol. The molecule has 2 unspecified atom stereocenters. The van der Waals surface area contributed by atoms with Gasteiger partial charge in [0.2, 0.25) is 11.8 Å². The van der Waals surface area contributed by atoms with E-state index in [9.17, 15) is 32.7 Å². The Morgan fingerprint density at radius 3 is 2.51 bits per heavy atom. The minimum Gasteiger partial charge on any atom is -0.593 e. The summed E-state index contributed by atoms with van der Waals surface area (Å²) in [5, 5.41) is 7.46. The Hall–Kier alpha value is -4.10. The van der Waals surface area contributed by atoms with Gasteiger partial charge in [-0.25, -0.2) is 9.52 Å². The maximum absolute atomic E-state index is 12.9. The number of imide groups is 2. The van der Waals surface area contributed by atoms with E-state index in [2.05, 4.69) is 20.7 Å². The summed E-state index contributed by atoms with van der Waals surface area (Å²) in [6, 6.07) is 7.70. The zero-order chi connectivity index (χ0) is 26.9. The Balaban J connectivity index is 1.38. The van der Waals surface area contributed by atoms with Crippen LogP contribution >= 0.6 is 0 Å². The number of piperidine rings is 1. The Bertz CT molecular complexity index is 1380. The molecule has 1 fully saturated rings. The largest absolute Gasteiger partial charge is 0.593 e. The minimum absolute atomic E-state index is 0.0324. The predicted octanol–water partition coefficient (Wildman–Crippen LogP) is 1.69. The van der Waals surface area contributed by atoms with E-state index >= 15 is 0 Å². The van der Waals surface area contributed by atoms with Gasteiger partial charge in [-0.3, -0.25) is 29.4 Å². The van der Waals surface area contributed by atoms with Gasteiger partial charge in [-0.2, -0.15) is 0 Å². The summed E-state index contributed by atoms with van der Waals surface area (Å²) in [6.45, 7) is 3.28. The third-order valence-corrected chi connectivity index (χ3v) is 7.38. The van der Waals surface area contributed by atoms with Crippen molar-refractivity contribution in [3.8, 4) is 0 Å². The van der Waals surface area contributed by atoms with Crippen LogP contribution in [0.25, 0.3) is 0 Å². The van der Waals surface area contributed by atoms with E-state index in [0.717, 1.165) is 4.90 Å². The maximum atomic E-state index is 12.9. The van der Waals surface area contributed by atoms with Crippen LogP contribution in [0.5, 0.6) is 0 Å². The quantitative estimate of drug-likeness (QED) is 0.313. The molecule has 6 amide bonds. The summed E-state index contributed by atoms with van der Waals surface area (Å²) in [7, 11) is -3.43. The highest BCUT2D eigenvalue weighted by atomic mass is 32.3. The molecule has 37 heavy (non-hydrogen) atoms. The monoisotopic (exact) mass is 527 g/mol. The van der Waals surface area contributed by atoms with Gasteiger partial charge < -0.3 is 15.2 Å². The van der Waals surface area contributed by atoms with Gasteiger partial charge in [-0.1, -0.05) is 10.3 Å². The van der Waals surface area contributed by atoms with E-state index in [1.54, 1.807) is 31.2 Å². The number of sulfonamides is 1. The first-order valence-corrected chi connectivity index (χ1v) is 13.1. The number of nitrogens with zero attached hydrogens (tertiary/aromatic N) is 1. The van der Waals surface area contributed by atoms with Crippen LogP contribution in [0.15, 0.2) is 36.4 Å². The van der Waals surface area contributed by atoms with Gasteiger partial charge in [0.25, 0.3) is 11.8 Å². The summed E-state index contributed by atoms with van der Waals surface area (Å²) in [4.78, 5) is 62.6. The number of hydrogen-bond acceptors (Lipinski definition) is 7. The van der Waals surface area contributed by atoms with Crippen molar-refractivity contribution in [3.05, 3.63) is 58.7 Å². The van der Waals surface area contributed by atoms with Crippen LogP contribution < -0.4 is 20.7 Å². The van der Waals surface area contributed by atoms with Crippen LogP contribution in [-0.2, 0) is 30.7 Å². The minimum atomic E-state index is -3.43. The molecule has 0 aromatic heterocycles. The molecular weight excluding hydrogens is 502 g/mol. The summed E-state index contributed by atoms with van der Waals surface area (Å²) in [5.41, 5.74) is 2.31. The molecule has 2 aliphatic heterocycles. The fraction of sp³-hybridized carbons (Fsp3) is 0.292. The third-order valence-electron chi connectivity index (χ3n) is 6.09. The molecule has 0 aliphatic carbocycles. The fourth-order valence-electron chi connectivity index (χ4n) is 4.08. The molecule has 194 valence electrons. The molecule has 2 heterocycles. The van der Waals surface area contributed by atoms with Crippen LogP contribution in [0.3, 0.4) is 0 Å². The number of carbonyl (C=O) groups excluding carboxylic acids is 5. The molecule has 2 aromatic rings. The number of urea groups is 1. The van der Waals surface area contributed by atoms with Crippen molar-refractivity contribution < 1.29 is 32.7 Å². The standard InChI is InChI=1S/C24H25N5O7S/c1-3-37(35,36)28-18-7-5-15(10-13(18)2)26-24(34)25-12-14-4-6-16-17(11-14)23(33)29(22(16)32)19-8-9-20(30)27-21(19)31/h4-7,10-11,19H,3,8-9,12H2,1-2H3,(H4-,25,26,27,28,30,31,32,33,34,35,36). The Morgan fingerprint density at radius 1 is 1.11 bits per heavy atom. The number of amides is 6. The first kappa shape index (κ1) is 26.0. The number of nitrogens with one attached hydrogen (secondary N) is 4. The number of aryl methyl sites for hydroxylation is 1. The first-order valence-electron chi connectivity index (χ1n) is 11.5. The zero-order valence-electron chi connectivity index (χ0n) is 20.1. The fourth-order valence-corrected chi connectivity index (χ4v) is 4.79. The maximum Gasteiger partial charge on any atom is 0.319 e. The highest BCUT2D eigenvalue weighted by molar-refractivity contribution is 7.98. The van der Waals surface area contributed by atoms with Gasteiger partial charge in [-0.05, 0) is 61.7 Å². The second-order valence-electron chi connectivity index (χ2n) is 8.67. The molecule has 0 radical (unpaired) electrons. The van der Waals surface area contributed by atoms with Crippen LogP contribution in [0.1, 0.15) is 51.6 Å². The van der Waals surface area contributed by atoms with Gasteiger partial charge in [0.15, 0.2) is 0 Å². The lowest BCUT2D eigenvalue weighted by molar-refractivity contribution is -0.136. The van der Waals surface area contributed by atoms with Crippen LogP contribution in [-0.4, -0.2) is 50.9 Å². The van der Waals surface area contributed by atoms with Crippen LogP contribution in [0.2, 0.25) is 0 Å². The van der Waals surface area contributed by atoms with Gasteiger partial charge >= 0.3 is 6.03 Å². The number of hydrogen-bond donors (Lipinski definition) is 4. The molecule has 0 saturated carbocycles. The summed E-state index contributed by atoms with van der Waals surface area (Å²) < 4.78 is 26.0. The van der Waals surface area contributed by atoms with E-state index in [-0.39, 0.29) is 36.3 Å². The molecule has 13 heteroatoms. The smallest absolute Gasteiger partial charge is 0.319 e. The average molecular weight is 528 g/mol. The van der Waals surface area contributed by atoms with Gasteiger partial charge in [0.1, 0.15) is 22.2 Å². The second-order valence-corrected chi connectivity index (χ2v) is 10.7. The summed E-state index contributed by atoms with van der Waals surface area (Å²) in [6.07, 6.45) is 0.0976. The highest BCUT2D eigenvalue weighted by Gasteiger charge is 2.44. The molecule has 0 bridgehead atoms. The Morgan fingerprint density at radius 2 is 1.84 bits per heavy atom. The van der Waals surface area contributed by atoms with E-state index in [1.807, 2.05) is 0 Å². The van der Waals surface area contributed by atoms with Crippen molar-refractivity contribution >= 4 is 51.4 Å². The summed E-state index contributed by atoms with van der Waals surface area (Å²) >= 11 is 0. The molecule has 2 aliphatic rings. The Kier molecular flexibility index (Phi) is 7.09. The number of anilines is 2. The van der Waals surface area contributed by atoms with Gasteiger partial charge in [0.05, 0.1) is 16.8 Å². The summed E-state index contributed by atoms with van der Waals surface area (Å²) in [5.74, 6) is -2.43. The molecule has 1 saturated heterocycles. The van der Waals surface area contributed by atoms with Crippen molar-refractivity contribution in [2.24, 2.45) is 0 Å². The molecular formula is C24H25N5O7S. The molecule has 0 spiro atoms. The van der Waals surface area contributed by atoms with E-state index < -0.39 is 46.1 Å². The van der Waals surface area contributed by atoms with Crippen molar-refractivity contribution in [3.63, 3.8) is 0 Å². The first-order chi connectivity index (χ1) is 17.5. The molecule has 12 nitrogen and oxygen atoms in total. The molecule has 4 rings (SSSR count). The third kappa shape index (κ3) is 5.52. The lowest BCUT2D eigenvalue weighted by atomic mass is 10.0. The average Bonchev–Trinajstić information content (AvgIpc) is 3.09. The van der Waals surface area contributed by atoms with Crippen molar-refractivity contribution in [1.82, 2.24) is 15.5 Å². The topological polar surface area (TPSA) is 177 Å². The number of carbonyl (C=O) groups is 5. The number of benzene rings is 2. The number of rotatable bonds is 7. The molecule has 4 N–H and O–H groups in total. The van der Waals surface area contributed by atoms with E-state index in [4.69, 9.17) is 0 Å². The van der Waals surface area contributed by atoms with Crippen molar-refractivity contribution in [2.75, 3.05) is 15.8 Å². The van der Waals surface area contributed by atoms with Gasteiger partial charge in [0, 0.05) is 18.7 Å². The van der Waals surface area contributed by atoms with Crippen LogP contribution in [0, 0.1) is 6.92 Å². The lowest BCUT2D eigenvalue weighted by Gasteiger charge is -2.27. The lowest BCUT2D eigenvalue weighted by Crippen LogP contribution is -2.54. The molecule has 2 aromatic carbocycles. The second kappa shape index (κ2) is 10.1. The SMILES string of the molecule is CC[S+](=O)([O-])Nc1ccc(NC(=O)NCc2ccc3c(c2)C(=O)N(C2CCC(=O)NC2=O)C3=O)cc1C.